The zero-order valence-corrected chi connectivity index (χ0v) is 15.4. The van der Waals surface area contributed by atoms with Crippen molar-refractivity contribution in [3.8, 4) is 23.1 Å². The van der Waals surface area contributed by atoms with E-state index in [9.17, 15) is 10.1 Å². The van der Waals surface area contributed by atoms with Crippen molar-refractivity contribution < 1.29 is 14.1 Å². The molecule has 0 aliphatic heterocycles. The molecule has 0 fully saturated rings. The highest BCUT2D eigenvalue weighted by molar-refractivity contribution is 7.16. The van der Waals surface area contributed by atoms with Gasteiger partial charge in [-0.1, -0.05) is 24.2 Å². The van der Waals surface area contributed by atoms with E-state index >= 15 is 0 Å². The predicted molar refractivity (Wildman–Crippen MR) is 99.6 cm³/mol. The van der Waals surface area contributed by atoms with Gasteiger partial charge in [0.25, 0.3) is 5.91 Å². The minimum absolute atomic E-state index is 0.138. The van der Waals surface area contributed by atoms with E-state index in [-0.39, 0.29) is 5.69 Å². The second-order valence-corrected chi connectivity index (χ2v) is 6.76. The molecule has 1 aromatic carbocycles. The number of anilines is 1. The molecule has 7 heteroatoms. The number of rotatable bonds is 5. The van der Waals surface area contributed by atoms with E-state index in [0.717, 1.165) is 16.9 Å². The lowest BCUT2D eigenvalue weighted by Gasteiger charge is -2.03. The lowest BCUT2D eigenvalue weighted by Crippen LogP contribution is -2.12. The summed E-state index contributed by atoms with van der Waals surface area (Å²) in [6.45, 7) is 3.93. The Balaban J connectivity index is 1.87. The molecule has 0 radical (unpaired) electrons. The van der Waals surface area contributed by atoms with Crippen LogP contribution in [0.4, 0.5) is 5.00 Å². The van der Waals surface area contributed by atoms with E-state index in [1.165, 1.54) is 11.3 Å². The van der Waals surface area contributed by atoms with Gasteiger partial charge in [-0.05, 0) is 31.0 Å². The SMILES string of the molecule is CCc1c(C)sc(NC(=O)c2cc(-c3ccccc3OC)on2)c1C#N. The molecule has 0 aliphatic rings. The summed E-state index contributed by atoms with van der Waals surface area (Å²) < 4.78 is 10.6. The van der Waals surface area contributed by atoms with Crippen molar-refractivity contribution in [1.29, 1.82) is 5.26 Å². The zero-order valence-electron chi connectivity index (χ0n) is 14.6. The Kier molecular flexibility index (Phi) is 5.05. The molecule has 2 aromatic heterocycles. The maximum absolute atomic E-state index is 12.5. The number of aromatic nitrogens is 1. The molecule has 0 atom stereocenters. The Labute approximate surface area is 155 Å². The number of carbonyl (C=O) groups excluding carboxylic acids is 1. The fourth-order valence-electron chi connectivity index (χ4n) is 2.74. The summed E-state index contributed by atoms with van der Waals surface area (Å²) in [5, 5.41) is 16.5. The van der Waals surface area contributed by atoms with Crippen LogP contribution >= 0.6 is 11.3 Å². The third kappa shape index (κ3) is 3.19. The topological polar surface area (TPSA) is 88.2 Å². The normalized spacial score (nSPS) is 10.4. The highest BCUT2D eigenvalue weighted by Crippen LogP contribution is 2.34. The first-order valence-electron chi connectivity index (χ1n) is 8.02. The number of nitrogens with one attached hydrogen (secondary N) is 1. The lowest BCUT2D eigenvalue weighted by atomic mass is 10.1. The van der Waals surface area contributed by atoms with E-state index in [2.05, 4.69) is 16.5 Å². The van der Waals surface area contributed by atoms with Crippen LogP contribution in [-0.2, 0) is 6.42 Å². The molecule has 0 spiro atoms. The monoisotopic (exact) mass is 367 g/mol. The van der Waals surface area contributed by atoms with E-state index < -0.39 is 5.91 Å². The minimum Gasteiger partial charge on any atom is -0.496 e. The van der Waals surface area contributed by atoms with Gasteiger partial charge in [0.2, 0.25) is 0 Å². The van der Waals surface area contributed by atoms with Gasteiger partial charge in [-0.25, -0.2) is 0 Å². The standard InChI is InChI=1S/C19H17N3O3S/c1-4-12-11(2)26-19(14(12)10-20)21-18(23)15-9-17(25-22-15)13-7-5-6-8-16(13)24-3/h5-9H,4H2,1-3H3,(H,21,23). The second kappa shape index (κ2) is 7.42. The molecule has 1 N–H and O–H groups in total. The predicted octanol–water partition coefficient (Wildman–Crippen LogP) is 4.41. The number of nitrogens with zero attached hydrogens (tertiary/aromatic N) is 2. The highest BCUT2D eigenvalue weighted by Gasteiger charge is 2.20. The van der Waals surface area contributed by atoms with Crippen LogP contribution in [0.15, 0.2) is 34.9 Å². The fraction of sp³-hybridized carbons (Fsp3) is 0.211. The number of hydrogen-bond acceptors (Lipinski definition) is 6. The Morgan fingerprint density at radius 3 is 2.88 bits per heavy atom. The summed E-state index contributed by atoms with van der Waals surface area (Å²) in [7, 11) is 1.57. The first-order valence-corrected chi connectivity index (χ1v) is 8.84. The number of carbonyl (C=O) groups is 1. The second-order valence-electron chi connectivity index (χ2n) is 5.54. The Bertz CT molecular complexity index is 998. The number of amides is 1. The van der Waals surface area contributed by atoms with Gasteiger partial charge in [0.05, 0.1) is 18.2 Å². The van der Waals surface area contributed by atoms with E-state index in [1.54, 1.807) is 19.2 Å². The fourth-order valence-corrected chi connectivity index (χ4v) is 3.83. The van der Waals surface area contributed by atoms with Gasteiger partial charge in [0.1, 0.15) is 16.8 Å². The number of hydrogen-bond donors (Lipinski definition) is 1. The van der Waals surface area contributed by atoms with Crippen LogP contribution in [-0.4, -0.2) is 18.2 Å². The third-order valence-electron chi connectivity index (χ3n) is 4.02. The largest absolute Gasteiger partial charge is 0.496 e. The lowest BCUT2D eigenvalue weighted by molar-refractivity contribution is 0.101. The van der Waals surface area contributed by atoms with Crippen molar-refractivity contribution in [2.75, 3.05) is 12.4 Å². The van der Waals surface area contributed by atoms with E-state index in [1.807, 2.05) is 32.0 Å². The first-order chi connectivity index (χ1) is 12.6. The first kappa shape index (κ1) is 17.7. The molecular weight excluding hydrogens is 350 g/mol. The Hall–Kier alpha value is -3.11. The van der Waals surface area contributed by atoms with Crippen molar-refractivity contribution in [3.63, 3.8) is 0 Å². The number of aryl methyl sites for hydroxylation is 1. The van der Waals surface area contributed by atoms with Gasteiger partial charge >= 0.3 is 0 Å². The molecule has 132 valence electrons. The summed E-state index contributed by atoms with van der Waals surface area (Å²) in [5.41, 5.74) is 2.32. The van der Waals surface area contributed by atoms with Crippen LogP contribution in [0.25, 0.3) is 11.3 Å². The molecule has 3 rings (SSSR count). The van der Waals surface area contributed by atoms with Crippen LogP contribution in [0, 0.1) is 18.3 Å². The molecule has 0 saturated carbocycles. The molecule has 3 aromatic rings. The summed E-state index contributed by atoms with van der Waals surface area (Å²) in [6.07, 6.45) is 0.739. The zero-order chi connectivity index (χ0) is 18.7. The number of para-hydroxylation sites is 1. The smallest absolute Gasteiger partial charge is 0.278 e. The van der Waals surface area contributed by atoms with E-state index in [0.29, 0.717) is 27.6 Å². The molecule has 0 saturated heterocycles. The summed E-state index contributed by atoms with van der Waals surface area (Å²) in [4.78, 5) is 13.5. The molecule has 2 heterocycles. The van der Waals surface area contributed by atoms with Crippen molar-refractivity contribution in [2.45, 2.75) is 20.3 Å². The van der Waals surface area contributed by atoms with Crippen molar-refractivity contribution >= 4 is 22.2 Å². The average molecular weight is 367 g/mol. The molecule has 26 heavy (non-hydrogen) atoms. The maximum atomic E-state index is 12.5. The van der Waals surface area contributed by atoms with Gasteiger partial charge < -0.3 is 14.6 Å². The summed E-state index contributed by atoms with van der Waals surface area (Å²) in [6, 6.07) is 11.1. The Morgan fingerprint density at radius 1 is 1.42 bits per heavy atom. The third-order valence-corrected chi connectivity index (χ3v) is 5.08. The molecule has 0 bridgehead atoms. The van der Waals surface area contributed by atoms with Crippen LogP contribution in [0.3, 0.4) is 0 Å². The number of ether oxygens (including phenoxy) is 1. The average Bonchev–Trinajstić information content (AvgIpc) is 3.25. The highest BCUT2D eigenvalue weighted by atomic mass is 32.1. The van der Waals surface area contributed by atoms with Crippen LogP contribution in [0.1, 0.15) is 33.4 Å². The van der Waals surface area contributed by atoms with Gasteiger partial charge in [0, 0.05) is 10.9 Å². The number of nitriles is 1. The quantitative estimate of drug-likeness (QED) is 0.722. The van der Waals surface area contributed by atoms with Crippen molar-refractivity contribution in [3.05, 3.63) is 52.0 Å². The van der Waals surface area contributed by atoms with Crippen molar-refractivity contribution in [2.24, 2.45) is 0 Å². The molecule has 1 amide bonds. The number of methoxy groups -OCH3 is 1. The van der Waals surface area contributed by atoms with Gasteiger partial charge in [-0.15, -0.1) is 11.3 Å². The molecule has 0 aliphatic carbocycles. The Morgan fingerprint density at radius 2 is 2.19 bits per heavy atom. The van der Waals surface area contributed by atoms with Crippen LogP contribution in [0.2, 0.25) is 0 Å². The number of benzene rings is 1. The molecule has 0 unspecified atom stereocenters. The molecular formula is C19H17N3O3S. The summed E-state index contributed by atoms with van der Waals surface area (Å²) in [5.74, 6) is 0.642. The van der Waals surface area contributed by atoms with Gasteiger partial charge in [0.15, 0.2) is 11.5 Å². The minimum atomic E-state index is -0.421. The number of thiophene rings is 1. The maximum Gasteiger partial charge on any atom is 0.278 e. The van der Waals surface area contributed by atoms with Crippen LogP contribution < -0.4 is 10.1 Å². The van der Waals surface area contributed by atoms with Gasteiger partial charge in [-0.2, -0.15) is 5.26 Å². The van der Waals surface area contributed by atoms with Gasteiger partial charge in [-0.3, -0.25) is 4.79 Å². The van der Waals surface area contributed by atoms with Crippen LogP contribution in [0.5, 0.6) is 5.75 Å². The van der Waals surface area contributed by atoms with Crippen molar-refractivity contribution in [1.82, 2.24) is 5.16 Å². The molecule has 6 nitrogen and oxygen atoms in total. The summed E-state index contributed by atoms with van der Waals surface area (Å²) >= 11 is 1.39. The van der Waals surface area contributed by atoms with E-state index in [4.69, 9.17) is 9.26 Å².